The predicted octanol–water partition coefficient (Wildman–Crippen LogP) is 0.771. The van der Waals surface area contributed by atoms with E-state index >= 15 is 0 Å². The van der Waals surface area contributed by atoms with Crippen molar-refractivity contribution >= 4 is 0 Å². The molecule has 0 saturated heterocycles. The van der Waals surface area contributed by atoms with E-state index in [4.69, 9.17) is 5.73 Å². The number of nitrogens with zero attached hydrogens (tertiary/aromatic N) is 1. The van der Waals surface area contributed by atoms with E-state index in [2.05, 4.69) is 4.98 Å². The van der Waals surface area contributed by atoms with E-state index in [0.29, 0.717) is 0 Å². The fraction of sp³-hybridized carbons (Fsp3) is 0.444. The molecule has 3 N–H and O–H groups in total. The van der Waals surface area contributed by atoms with Crippen molar-refractivity contribution in [1.29, 1.82) is 0 Å². The number of aliphatic hydroxyl groups excluding tert-OH is 1. The van der Waals surface area contributed by atoms with Crippen LogP contribution in [0.4, 0.5) is 0 Å². The van der Waals surface area contributed by atoms with Gasteiger partial charge in [-0.05, 0) is 31.5 Å². The summed E-state index contributed by atoms with van der Waals surface area (Å²) in [6.07, 6.45) is 1.15. The van der Waals surface area contributed by atoms with Gasteiger partial charge in [0.05, 0.1) is 17.8 Å². The van der Waals surface area contributed by atoms with Gasteiger partial charge in [-0.25, -0.2) is 0 Å². The molecule has 3 heteroatoms. The van der Waals surface area contributed by atoms with Crippen molar-refractivity contribution in [2.75, 3.05) is 0 Å². The highest BCUT2D eigenvalue weighted by Gasteiger charge is 2.12. The van der Waals surface area contributed by atoms with Crippen molar-refractivity contribution in [3.05, 3.63) is 29.6 Å². The summed E-state index contributed by atoms with van der Waals surface area (Å²) < 4.78 is 0. The van der Waals surface area contributed by atoms with Crippen LogP contribution in [0.1, 0.15) is 24.2 Å². The first-order valence-electron chi connectivity index (χ1n) is 3.97. The molecule has 1 aromatic heterocycles. The highest BCUT2D eigenvalue weighted by molar-refractivity contribution is 5.17. The van der Waals surface area contributed by atoms with E-state index < -0.39 is 6.10 Å². The zero-order valence-corrected chi connectivity index (χ0v) is 7.36. The summed E-state index contributed by atoms with van der Waals surface area (Å²) in [6, 6.07) is 3.40. The van der Waals surface area contributed by atoms with Gasteiger partial charge in [0.25, 0.3) is 0 Å². The first-order valence-corrected chi connectivity index (χ1v) is 3.97. The van der Waals surface area contributed by atoms with E-state index in [1.807, 2.05) is 19.1 Å². The summed E-state index contributed by atoms with van der Waals surface area (Å²) in [7, 11) is 0. The normalized spacial score (nSPS) is 15.7. The summed E-state index contributed by atoms with van der Waals surface area (Å²) in [5, 5.41) is 9.20. The molecule has 0 aliphatic rings. The number of pyridine rings is 1. The van der Waals surface area contributed by atoms with Gasteiger partial charge in [-0.1, -0.05) is 0 Å². The monoisotopic (exact) mass is 166 g/mol. The van der Waals surface area contributed by atoms with Gasteiger partial charge in [0.2, 0.25) is 0 Å². The molecule has 2 atom stereocenters. The molecule has 1 aromatic rings. The van der Waals surface area contributed by atoms with Crippen LogP contribution in [0.25, 0.3) is 0 Å². The van der Waals surface area contributed by atoms with Crippen LogP contribution in [0.5, 0.6) is 0 Å². The Labute approximate surface area is 72.2 Å². The predicted molar refractivity (Wildman–Crippen MR) is 47.6 cm³/mol. The van der Waals surface area contributed by atoms with E-state index in [1.54, 1.807) is 13.1 Å². The molecule has 0 radical (unpaired) electrons. The lowest BCUT2D eigenvalue weighted by Gasteiger charge is -2.13. The fourth-order valence-corrected chi connectivity index (χ4v) is 0.989. The second-order valence-electron chi connectivity index (χ2n) is 3.02. The van der Waals surface area contributed by atoms with Crippen LogP contribution in [-0.4, -0.2) is 16.2 Å². The van der Waals surface area contributed by atoms with Gasteiger partial charge in [-0.3, -0.25) is 4.98 Å². The van der Waals surface area contributed by atoms with Crippen LogP contribution in [0.2, 0.25) is 0 Å². The molecule has 0 aliphatic carbocycles. The van der Waals surface area contributed by atoms with Crippen LogP contribution >= 0.6 is 0 Å². The van der Waals surface area contributed by atoms with Gasteiger partial charge >= 0.3 is 0 Å². The van der Waals surface area contributed by atoms with Gasteiger partial charge in [-0.2, -0.15) is 0 Å². The Bertz CT molecular complexity index is 260. The quantitative estimate of drug-likeness (QED) is 0.682. The largest absolute Gasteiger partial charge is 0.391 e. The van der Waals surface area contributed by atoms with Gasteiger partial charge in [0, 0.05) is 6.20 Å². The smallest absolute Gasteiger partial charge is 0.0731 e. The van der Waals surface area contributed by atoms with Gasteiger partial charge < -0.3 is 10.8 Å². The average Bonchev–Trinajstić information content (AvgIpc) is 2.03. The van der Waals surface area contributed by atoms with Crippen LogP contribution in [0, 0.1) is 6.92 Å². The number of hydrogen-bond donors (Lipinski definition) is 2. The Morgan fingerprint density at radius 3 is 2.75 bits per heavy atom. The van der Waals surface area contributed by atoms with Gasteiger partial charge in [0.15, 0.2) is 0 Å². The lowest BCUT2D eigenvalue weighted by molar-refractivity contribution is 0.162. The van der Waals surface area contributed by atoms with Crippen molar-refractivity contribution in [2.45, 2.75) is 26.0 Å². The van der Waals surface area contributed by atoms with Crippen LogP contribution in [-0.2, 0) is 0 Å². The second kappa shape index (κ2) is 3.65. The molecule has 12 heavy (non-hydrogen) atoms. The zero-order chi connectivity index (χ0) is 9.14. The number of nitrogens with two attached hydrogens (primary N) is 1. The molecular weight excluding hydrogens is 152 g/mol. The summed E-state index contributed by atoms with van der Waals surface area (Å²) >= 11 is 0. The fourth-order valence-electron chi connectivity index (χ4n) is 0.989. The molecule has 0 unspecified atom stereocenters. The van der Waals surface area contributed by atoms with Crippen molar-refractivity contribution < 1.29 is 5.11 Å². The Kier molecular flexibility index (Phi) is 2.78. The molecule has 0 spiro atoms. The Balaban J connectivity index is 2.88. The molecule has 3 nitrogen and oxygen atoms in total. The van der Waals surface area contributed by atoms with E-state index in [1.165, 1.54) is 0 Å². The summed E-state index contributed by atoms with van der Waals surface area (Å²) in [5.41, 5.74) is 7.54. The minimum atomic E-state index is -0.556. The minimum Gasteiger partial charge on any atom is -0.391 e. The number of hydrogen-bond acceptors (Lipinski definition) is 3. The Morgan fingerprint density at radius 2 is 2.25 bits per heavy atom. The molecule has 0 aromatic carbocycles. The number of aromatic nitrogens is 1. The van der Waals surface area contributed by atoms with Crippen molar-refractivity contribution in [3.8, 4) is 0 Å². The Hall–Kier alpha value is -0.930. The number of aliphatic hydroxyl groups is 1. The van der Waals surface area contributed by atoms with E-state index in [0.717, 1.165) is 11.3 Å². The summed E-state index contributed by atoms with van der Waals surface area (Å²) in [5.74, 6) is 0. The third kappa shape index (κ3) is 2.03. The third-order valence-corrected chi connectivity index (χ3v) is 1.80. The second-order valence-corrected chi connectivity index (χ2v) is 3.02. The Morgan fingerprint density at radius 1 is 1.58 bits per heavy atom. The topological polar surface area (TPSA) is 59.1 Å². The lowest BCUT2D eigenvalue weighted by atomic mass is 10.1. The molecule has 0 aliphatic heterocycles. The van der Waals surface area contributed by atoms with Crippen LogP contribution < -0.4 is 5.73 Å². The first-order chi connectivity index (χ1) is 5.61. The van der Waals surface area contributed by atoms with Crippen molar-refractivity contribution in [3.63, 3.8) is 0 Å². The number of rotatable bonds is 2. The van der Waals surface area contributed by atoms with Gasteiger partial charge in [-0.15, -0.1) is 0 Å². The molecule has 66 valence electrons. The molecule has 0 fully saturated rings. The molecule has 0 bridgehead atoms. The highest BCUT2D eigenvalue weighted by atomic mass is 16.3. The molecule has 0 saturated carbocycles. The highest BCUT2D eigenvalue weighted by Crippen LogP contribution is 2.11. The molecule has 0 amide bonds. The summed E-state index contributed by atoms with van der Waals surface area (Å²) in [4.78, 5) is 4.08. The first kappa shape index (κ1) is 9.16. The van der Waals surface area contributed by atoms with Crippen molar-refractivity contribution in [1.82, 2.24) is 4.98 Å². The average molecular weight is 166 g/mol. The molecular formula is C9H14N2O. The molecule has 1 rings (SSSR count). The van der Waals surface area contributed by atoms with Crippen LogP contribution in [0.3, 0.4) is 0 Å². The minimum absolute atomic E-state index is 0.384. The third-order valence-electron chi connectivity index (χ3n) is 1.80. The van der Waals surface area contributed by atoms with Crippen molar-refractivity contribution in [2.24, 2.45) is 5.73 Å². The number of aryl methyl sites for hydroxylation is 1. The van der Waals surface area contributed by atoms with E-state index in [-0.39, 0.29) is 6.04 Å². The zero-order valence-electron chi connectivity index (χ0n) is 7.36. The maximum absolute atomic E-state index is 9.20. The van der Waals surface area contributed by atoms with E-state index in [9.17, 15) is 5.11 Å². The standard InChI is InChI=1S/C9H14N2O/c1-6-3-4-11-8(5-6)9(10)7(2)12/h3-5,7,9,12H,10H2,1-2H3/t7-,9-/m1/s1. The SMILES string of the molecule is Cc1ccnc([C@H](N)[C@@H](C)O)c1. The molecule has 1 heterocycles. The maximum Gasteiger partial charge on any atom is 0.0731 e. The maximum atomic E-state index is 9.20. The van der Waals surface area contributed by atoms with Crippen LogP contribution in [0.15, 0.2) is 18.3 Å². The lowest BCUT2D eigenvalue weighted by Crippen LogP contribution is -2.24. The van der Waals surface area contributed by atoms with Gasteiger partial charge in [0.1, 0.15) is 0 Å². The summed E-state index contributed by atoms with van der Waals surface area (Å²) in [6.45, 7) is 3.63.